The van der Waals surface area contributed by atoms with Crippen LogP contribution in [0.15, 0.2) is 9.98 Å². The van der Waals surface area contributed by atoms with Gasteiger partial charge in [-0.05, 0) is 26.2 Å². The monoisotopic (exact) mass is 226 g/mol. The molecule has 94 valence electrons. The third kappa shape index (κ3) is 5.40. The van der Waals surface area contributed by atoms with Gasteiger partial charge in [-0.15, -0.1) is 0 Å². The first-order valence-corrected chi connectivity index (χ1v) is 6.36. The van der Waals surface area contributed by atoms with E-state index in [0.717, 1.165) is 44.0 Å². The number of amidine groups is 1. The summed E-state index contributed by atoms with van der Waals surface area (Å²) in [5.41, 5.74) is 1.16. The maximum atomic E-state index is 5.32. The van der Waals surface area contributed by atoms with Gasteiger partial charge in [0.25, 0.3) is 0 Å². The van der Waals surface area contributed by atoms with Crippen molar-refractivity contribution in [2.45, 2.75) is 47.0 Å². The molecule has 0 unspecified atom stereocenters. The molecular weight excluding hydrogens is 200 g/mol. The van der Waals surface area contributed by atoms with E-state index in [-0.39, 0.29) is 0 Å². The summed E-state index contributed by atoms with van der Waals surface area (Å²) in [5, 5.41) is 0. The van der Waals surface area contributed by atoms with E-state index in [4.69, 9.17) is 4.74 Å². The summed E-state index contributed by atoms with van der Waals surface area (Å²) in [6.45, 7) is 9.88. The van der Waals surface area contributed by atoms with Crippen LogP contribution in [0.4, 0.5) is 0 Å². The average molecular weight is 226 g/mol. The maximum Gasteiger partial charge on any atom is 0.126 e. The van der Waals surface area contributed by atoms with Crippen LogP contribution >= 0.6 is 0 Å². The van der Waals surface area contributed by atoms with E-state index in [2.05, 4.69) is 23.8 Å². The van der Waals surface area contributed by atoms with Crippen LogP contribution in [-0.4, -0.2) is 31.8 Å². The van der Waals surface area contributed by atoms with E-state index >= 15 is 0 Å². The summed E-state index contributed by atoms with van der Waals surface area (Å²) >= 11 is 0. The Morgan fingerprint density at radius 1 is 1.25 bits per heavy atom. The highest BCUT2D eigenvalue weighted by Crippen LogP contribution is 2.17. The van der Waals surface area contributed by atoms with Gasteiger partial charge in [0, 0.05) is 31.9 Å². The van der Waals surface area contributed by atoms with Gasteiger partial charge in [0.05, 0.1) is 0 Å². The highest BCUT2D eigenvalue weighted by atomic mass is 16.5. The Balaban J connectivity index is 0.00000106. The quantitative estimate of drug-likeness (QED) is 0.525. The molecule has 1 aliphatic heterocycles. The molecule has 0 aliphatic carbocycles. The zero-order valence-electron chi connectivity index (χ0n) is 11.4. The van der Waals surface area contributed by atoms with Gasteiger partial charge < -0.3 is 4.74 Å². The molecule has 3 heteroatoms. The predicted molar refractivity (Wildman–Crippen MR) is 71.7 cm³/mol. The highest BCUT2D eigenvalue weighted by molar-refractivity contribution is 5.97. The van der Waals surface area contributed by atoms with Crippen molar-refractivity contribution in [3.8, 4) is 0 Å². The molecule has 0 amide bonds. The fraction of sp³-hybridized carbons (Fsp3) is 0.846. The Morgan fingerprint density at radius 3 is 2.25 bits per heavy atom. The molecule has 0 aromatic heterocycles. The first-order valence-electron chi connectivity index (χ1n) is 6.36. The number of ether oxygens (including phenoxy) is 1. The standard InChI is InChI=1S/C11H20N2O.C2H6/c1-4-9(2)13-11(12-3)10-5-7-14-8-6-10;1-2/h10H,4-8H2,1-3H3;1-2H3. The first-order chi connectivity index (χ1) is 7.77. The van der Waals surface area contributed by atoms with Crippen LogP contribution in [0.1, 0.15) is 47.0 Å². The van der Waals surface area contributed by atoms with Crippen molar-refractivity contribution in [1.29, 1.82) is 0 Å². The van der Waals surface area contributed by atoms with Gasteiger partial charge >= 0.3 is 0 Å². The summed E-state index contributed by atoms with van der Waals surface area (Å²) in [7, 11) is 1.83. The number of rotatable bonds is 2. The van der Waals surface area contributed by atoms with E-state index in [1.807, 2.05) is 20.9 Å². The molecule has 16 heavy (non-hydrogen) atoms. The molecule has 0 atom stereocenters. The molecule has 0 aromatic carbocycles. The van der Waals surface area contributed by atoms with Crippen molar-refractivity contribution >= 4 is 11.5 Å². The Labute approximate surface area is 100 Å². The van der Waals surface area contributed by atoms with Gasteiger partial charge in [0.15, 0.2) is 0 Å². The van der Waals surface area contributed by atoms with Crippen LogP contribution in [-0.2, 0) is 4.74 Å². The van der Waals surface area contributed by atoms with E-state index in [1.54, 1.807) is 0 Å². The fourth-order valence-corrected chi connectivity index (χ4v) is 1.55. The van der Waals surface area contributed by atoms with Crippen LogP contribution in [0.25, 0.3) is 0 Å². The summed E-state index contributed by atoms with van der Waals surface area (Å²) in [6.07, 6.45) is 3.13. The molecule has 0 N–H and O–H groups in total. The van der Waals surface area contributed by atoms with Crippen molar-refractivity contribution in [1.82, 2.24) is 0 Å². The van der Waals surface area contributed by atoms with Gasteiger partial charge in [-0.3, -0.25) is 4.99 Å². The van der Waals surface area contributed by atoms with E-state index < -0.39 is 0 Å². The van der Waals surface area contributed by atoms with E-state index in [0.29, 0.717) is 5.92 Å². The van der Waals surface area contributed by atoms with Crippen molar-refractivity contribution < 1.29 is 4.74 Å². The van der Waals surface area contributed by atoms with Crippen LogP contribution < -0.4 is 0 Å². The molecule has 3 nitrogen and oxygen atoms in total. The minimum absolute atomic E-state index is 0.509. The number of aliphatic imine (C=N–C) groups is 2. The molecule has 0 spiro atoms. The van der Waals surface area contributed by atoms with Crippen molar-refractivity contribution in [3.05, 3.63) is 0 Å². The molecule has 1 aliphatic rings. The van der Waals surface area contributed by atoms with Crippen molar-refractivity contribution in [3.63, 3.8) is 0 Å². The predicted octanol–water partition coefficient (Wildman–Crippen LogP) is 3.34. The molecule has 0 saturated carbocycles. The second kappa shape index (κ2) is 9.52. The molecule has 1 fully saturated rings. The number of nitrogens with zero attached hydrogens (tertiary/aromatic N) is 2. The van der Waals surface area contributed by atoms with Crippen LogP contribution in [0.2, 0.25) is 0 Å². The number of hydrogen-bond acceptors (Lipinski definition) is 2. The molecule has 0 radical (unpaired) electrons. The zero-order chi connectivity index (χ0) is 12.4. The number of hydrogen-bond donors (Lipinski definition) is 0. The van der Waals surface area contributed by atoms with Crippen LogP contribution in [0.5, 0.6) is 0 Å². The third-order valence-electron chi connectivity index (χ3n) is 2.63. The van der Waals surface area contributed by atoms with Gasteiger partial charge in [-0.25, -0.2) is 4.99 Å². The lowest BCUT2D eigenvalue weighted by Crippen LogP contribution is -2.23. The SMILES string of the molecule is CC.CCC(C)=NC(=NC)C1CCOCC1. The maximum absolute atomic E-state index is 5.32. The van der Waals surface area contributed by atoms with Crippen molar-refractivity contribution in [2.75, 3.05) is 20.3 Å². The Hall–Kier alpha value is -0.700. The molecule has 0 bridgehead atoms. The smallest absolute Gasteiger partial charge is 0.126 e. The summed E-state index contributed by atoms with van der Waals surface area (Å²) in [5.74, 6) is 1.52. The zero-order valence-corrected chi connectivity index (χ0v) is 11.4. The normalized spacial score (nSPS) is 19.1. The topological polar surface area (TPSA) is 34.0 Å². The Morgan fingerprint density at radius 2 is 1.81 bits per heavy atom. The average Bonchev–Trinajstić information content (AvgIpc) is 2.39. The minimum atomic E-state index is 0.509. The lowest BCUT2D eigenvalue weighted by Gasteiger charge is -2.21. The van der Waals surface area contributed by atoms with Crippen LogP contribution in [0, 0.1) is 5.92 Å². The summed E-state index contributed by atoms with van der Waals surface area (Å²) in [4.78, 5) is 8.82. The van der Waals surface area contributed by atoms with Crippen LogP contribution in [0.3, 0.4) is 0 Å². The molecular formula is C13H26N2O. The molecule has 1 rings (SSSR count). The lowest BCUT2D eigenvalue weighted by molar-refractivity contribution is 0.0825. The minimum Gasteiger partial charge on any atom is -0.381 e. The largest absolute Gasteiger partial charge is 0.381 e. The van der Waals surface area contributed by atoms with E-state index in [9.17, 15) is 0 Å². The fourth-order valence-electron chi connectivity index (χ4n) is 1.55. The van der Waals surface area contributed by atoms with Gasteiger partial charge in [-0.2, -0.15) is 0 Å². The third-order valence-corrected chi connectivity index (χ3v) is 2.63. The summed E-state index contributed by atoms with van der Waals surface area (Å²) < 4.78 is 5.32. The first kappa shape index (κ1) is 15.3. The Kier molecular flexibility index (Phi) is 9.10. The van der Waals surface area contributed by atoms with Gasteiger partial charge in [-0.1, -0.05) is 20.8 Å². The highest BCUT2D eigenvalue weighted by Gasteiger charge is 2.18. The van der Waals surface area contributed by atoms with E-state index in [1.165, 1.54) is 0 Å². The molecule has 0 aromatic rings. The molecule has 1 saturated heterocycles. The second-order valence-corrected chi connectivity index (χ2v) is 3.67. The second-order valence-electron chi connectivity index (χ2n) is 3.67. The molecule has 1 heterocycles. The van der Waals surface area contributed by atoms with Gasteiger partial charge in [0.1, 0.15) is 5.84 Å². The van der Waals surface area contributed by atoms with Crippen molar-refractivity contribution in [2.24, 2.45) is 15.9 Å². The summed E-state index contributed by atoms with van der Waals surface area (Å²) in [6, 6.07) is 0. The van der Waals surface area contributed by atoms with Gasteiger partial charge in [0.2, 0.25) is 0 Å². The Bertz CT molecular complexity index is 228. The lowest BCUT2D eigenvalue weighted by atomic mass is 9.99.